The third-order valence-corrected chi connectivity index (χ3v) is 5.95. The fourth-order valence-electron chi connectivity index (χ4n) is 3.02. The van der Waals surface area contributed by atoms with Crippen LogP contribution in [0.3, 0.4) is 0 Å². The maximum absolute atomic E-state index is 5.50. The smallest absolute Gasteiger partial charge is 0.193 e. The second kappa shape index (κ2) is 8.25. The van der Waals surface area contributed by atoms with Gasteiger partial charge >= 0.3 is 0 Å². The zero-order chi connectivity index (χ0) is 15.1. The number of hydrogen-bond acceptors (Lipinski definition) is 4. The van der Waals surface area contributed by atoms with Crippen LogP contribution in [0.4, 0.5) is 0 Å². The number of hydrogen-bond donors (Lipinski definition) is 1. The summed E-state index contributed by atoms with van der Waals surface area (Å²) < 4.78 is 11.2. The van der Waals surface area contributed by atoms with E-state index < -0.39 is 0 Å². The van der Waals surface area contributed by atoms with Crippen molar-refractivity contribution in [3.8, 4) is 0 Å². The quantitative estimate of drug-likeness (QED) is 0.614. The zero-order valence-electron chi connectivity index (χ0n) is 13.6. The summed E-state index contributed by atoms with van der Waals surface area (Å²) in [7, 11) is 3.98. The van der Waals surface area contributed by atoms with Gasteiger partial charge in [-0.1, -0.05) is 0 Å². The number of nitrogens with zero attached hydrogens (tertiary/aromatic N) is 2. The molecule has 2 saturated heterocycles. The molecule has 1 N–H and O–H groups in total. The van der Waals surface area contributed by atoms with Crippen LogP contribution in [0.1, 0.15) is 19.3 Å². The molecule has 21 heavy (non-hydrogen) atoms. The summed E-state index contributed by atoms with van der Waals surface area (Å²) >= 11 is 1.95. The van der Waals surface area contributed by atoms with Crippen molar-refractivity contribution < 1.29 is 9.47 Å². The fraction of sp³-hybridized carbons (Fsp3) is 0.933. The number of aliphatic imine (C=N–C) groups is 1. The lowest BCUT2D eigenvalue weighted by Gasteiger charge is -2.37. The molecular formula is C15H29N3O2S. The maximum atomic E-state index is 5.50. The van der Waals surface area contributed by atoms with Gasteiger partial charge in [-0.25, -0.2) is 0 Å². The summed E-state index contributed by atoms with van der Waals surface area (Å²) in [4.78, 5) is 6.66. The lowest BCUT2D eigenvalue weighted by atomic mass is 9.99. The van der Waals surface area contributed by atoms with Crippen molar-refractivity contribution in [1.82, 2.24) is 10.2 Å². The van der Waals surface area contributed by atoms with Crippen LogP contribution < -0.4 is 5.32 Å². The molecule has 2 rings (SSSR count). The molecule has 5 nitrogen and oxygen atoms in total. The van der Waals surface area contributed by atoms with Crippen molar-refractivity contribution >= 4 is 17.7 Å². The highest BCUT2D eigenvalue weighted by atomic mass is 32.2. The minimum absolute atomic E-state index is 0.283. The minimum atomic E-state index is 0.283. The van der Waals surface area contributed by atoms with Crippen LogP contribution in [0.5, 0.6) is 0 Å². The van der Waals surface area contributed by atoms with Crippen molar-refractivity contribution in [2.75, 3.05) is 59.9 Å². The Hall–Kier alpha value is -0.460. The standard InChI is InChI=1S/C15H29N3O2S/c1-16-14(18(2)10-13-4-7-20-11-13)17-12-15(21-3)5-8-19-9-6-15/h13H,4-12H2,1-3H3,(H,16,17). The van der Waals surface area contributed by atoms with E-state index in [0.29, 0.717) is 5.92 Å². The number of ether oxygens (including phenoxy) is 2. The van der Waals surface area contributed by atoms with Gasteiger partial charge in [0.1, 0.15) is 0 Å². The topological polar surface area (TPSA) is 46.1 Å². The average molecular weight is 315 g/mol. The summed E-state index contributed by atoms with van der Waals surface area (Å²) in [5.41, 5.74) is 0. The Balaban J connectivity index is 1.83. The first-order valence-corrected chi connectivity index (χ1v) is 9.04. The zero-order valence-corrected chi connectivity index (χ0v) is 14.4. The van der Waals surface area contributed by atoms with Crippen LogP contribution in [-0.4, -0.2) is 75.5 Å². The fourth-order valence-corrected chi connectivity index (χ4v) is 3.81. The highest BCUT2D eigenvalue weighted by Gasteiger charge is 2.32. The normalized spacial score (nSPS) is 25.9. The molecule has 2 aliphatic rings. The predicted octanol–water partition coefficient (Wildman–Crippen LogP) is 1.44. The number of guanidine groups is 1. The van der Waals surface area contributed by atoms with Gasteiger partial charge in [0.15, 0.2) is 5.96 Å². The van der Waals surface area contributed by atoms with E-state index in [1.54, 1.807) is 0 Å². The van der Waals surface area contributed by atoms with Gasteiger partial charge in [-0.2, -0.15) is 11.8 Å². The van der Waals surface area contributed by atoms with Gasteiger partial charge < -0.3 is 19.7 Å². The number of rotatable bonds is 5. The van der Waals surface area contributed by atoms with Crippen molar-refractivity contribution in [3.05, 3.63) is 0 Å². The first-order chi connectivity index (χ1) is 10.2. The van der Waals surface area contributed by atoms with E-state index in [1.807, 2.05) is 18.8 Å². The van der Waals surface area contributed by atoms with Gasteiger partial charge in [0, 0.05) is 57.7 Å². The average Bonchev–Trinajstić information content (AvgIpc) is 3.01. The molecule has 0 amide bonds. The first kappa shape index (κ1) is 16.9. The highest BCUT2D eigenvalue weighted by Crippen LogP contribution is 2.33. The van der Waals surface area contributed by atoms with Gasteiger partial charge in [0.05, 0.1) is 6.61 Å². The molecule has 1 atom stereocenters. The summed E-state index contributed by atoms with van der Waals surface area (Å²) in [6, 6.07) is 0. The summed E-state index contributed by atoms with van der Waals surface area (Å²) in [5, 5.41) is 3.56. The summed E-state index contributed by atoms with van der Waals surface area (Å²) in [6.07, 6.45) is 5.58. The van der Waals surface area contributed by atoms with E-state index in [9.17, 15) is 0 Å². The first-order valence-electron chi connectivity index (χ1n) is 7.81. The Labute approximate surface area is 132 Å². The number of thioether (sulfide) groups is 1. The molecule has 0 radical (unpaired) electrons. The highest BCUT2D eigenvalue weighted by molar-refractivity contribution is 8.00. The molecule has 2 fully saturated rings. The van der Waals surface area contributed by atoms with Crippen molar-refractivity contribution in [2.24, 2.45) is 10.9 Å². The SMILES string of the molecule is CN=C(NCC1(SC)CCOCC1)N(C)CC1CCOC1. The van der Waals surface area contributed by atoms with Gasteiger partial charge in [-0.3, -0.25) is 4.99 Å². The van der Waals surface area contributed by atoms with E-state index in [2.05, 4.69) is 28.5 Å². The third-order valence-electron chi connectivity index (χ3n) is 4.54. The third kappa shape index (κ3) is 4.76. The lowest BCUT2D eigenvalue weighted by Crippen LogP contribution is -2.49. The van der Waals surface area contributed by atoms with Crippen LogP contribution in [0, 0.1) is 5.92 Å². The number of nitrogens with one attached hydrogen (secondary N) is 1. The largest absolute Gasteiger partial charge is 0.381 e. The van der Waals surface area contributed by atoms with E-state index in [4.69, 9.17) is 9.47 Å². The summed E-state index contributed by atoms with van der Waals surface area (Å²) in [5.74, 6) is 1.62. The van der Waals surface area contributed by atoms with E-state index in [1.165, 1.54) is 0 Å². The molecule has 1 unspecified atom stereocenters. The van der Waals surface area contributed by atoms with Crippen molar-refractivity contribution in [3.63, 3.8) is 0 Å². The van der Waals surface area contributed by atoms with Crippen LogP contribution in [0.15, 0.2) is 4.99 Å². The van der Waals surface area contributed by atoms with Crippen molar-refractivity contribution in [2.45, 2.75) is 24.0 Å². The molecule has 2 heterocycles. The second-order valence-corrected chi connectivity index (χ2v) is 7.28. The van der Waals surface area contributed by atoms with E-state index >= 15 is 0 Å². The second-order valence-electron chi connectivity index (χ2n) is 6.01. The van der Waals surface area contributed by atoms with Gasteiger partial charge in [-0.15, -0.1) is 0 Å². The Morgan fingerprint density at radius 3 is 2.67 bits per heavy atom. The van der Waals surface area contributed by atoms with E-state index in [0.717, 1.165) is 64.7 Å². The molecule has 122 valence electrons. The molecule has 0 spiro atoms. The van der Waals surface area contributed by atoms with Crippen LogP contribution in [0.2, 0.25) is 0 Å². The van der Waals surface area contributed by atoms with Gasteiger partial charge in [-0.05, 0) is 25.5 Å². The molecule has 0 aliphatic carbocycles. The Morgan fingerprint density at radius 1 is 1.33 bits per heavy atom. The Morgan fingerprint density at radius 2 is 2.10 bits per heavy atom. The predicted molar refractivity (Wildman–Crippen MR) is 89.2 cm³/mol. The molecule has 0 aromatic rings. The molecule has 0 aromatic heterocycles. The van der Waals surface area contributed by atoms with Gasteiger partial charge in [0.2, 0.25) is 0 Å². The molecule has 6 heteroatoms. The van der Waals surface area contributed by atoms with Gasteiger partial charge in [0.25, 0.3) is 0 Å². The molecule has 0 saturated carbocycles. The summed E-state index contributed by atoms with van der Waals surface area (Å²) in [6.45, 7) is 5.49. The van der Waals surface area contributed by atoms with Crippen LogP contribution in [0.25, 0.3) is 0 Å². The van der Waals surface area contributed by atoms with Crippen LogP contribution in [-0.2, 0) is 9.47 Å². The lowest BCUT2D eigenvalue weighted by molar-refractivity contribution is 0.0781. The minimum Gasteiger partial charge on any atom is -0.381 e. The monoisotopic (exact) mass is 315 g/mol. The van der Waals surface area contributed by atoms with Crippen molar-refractivity contribution in [1.29, 1.82) is 0 Å². The van der Waals surface area contributed by atoms with Crippen LogP contribution >= 0.6 is 11.8 Å². The van der Waals surface area contributed by atoms with E-state index in [-0.39, 0.29) is 4.75 Å². The Bertz CT molecular complexity index is 340. The maximum Gasteiger partial charge on any atom is 0.193 e. The molecular weight excluding hydrogens is 286 g/mol. The molecule has 0 bridgehead atoms. The molecule has 0 aromatic carbocycles. The Kier molecular flexibility index (Phi) is 6.64. The molecule has 2 aliphatic heterocycles.